The minimum absolute atomic E-state index is 0.0833. The lowest BCUT2D eigenvalue weighted by Gasteiger charge is -2.38. The fourth-order valence-corrected chi connectivity index (χ4v) is 5.85. The summed E-state index contributed by atoms with van der Waals surface area (Å²) < 4.78 is 6.71. The van der Waals surface area contributed by atoms with Crippen molar-refractivity contribution in [2.24, 2.45) is 17.8 Å². The summed E-state index contributed by atoms with van der Waals surface area (Å²) in [4.78, 5) is 0. The van der Waals surface area contributed by atoms with Gasteiger partial charge < -0.3 is 9.84 Å². The monoisotopic (exact) mass is 458 g/mol. The number of ether oxygens (including phenoxy) is 1. The second-order valence-electron chi connectivity index (χ2n) is 12.4. The smallest absolute Gasteiger partial charge is 0.127 e. The van der Waals surface area contributed by atoms with Crippen LogP contribution in [0.3, 0.4) is 0 Å². The van der Waals surface area contributed by atoms with E-state index in [0.717, 1.165) is 59.5 Å². The van der Waals surface area contributed by atoms with Crippen molar-refractivity contribution in [1.82, 2.24) is 0 Å². The molecular weight excluding hydrogens is 404 g/mol. The number of fused-ring (bicyclic) bond motifs is 1. The Balaban J connectivity index is 1.81. The second kappa shape index (κ2) is 12.5. The van der Waals surface area contributed by atoms with E-state index in [0.29, 0.717) is 11.7 Å². The highest BCUT2D eigenvalue weighted by Crippen LogP contribution is 2.46. The number of phenols is 1. The summed E-state index contributed by atoms with van der Waals surface area (Å²) >= 11 is 0. The molecule has 1 aromatic carbocycles. The third-order valence-corrected chi connectivity index (χ3v) is 8.19. The Hall–Kier alpha value is -1.18. The van der Waals surface area contributed by atoms with Gasteiger partial charge in [-0.15, -0.1) is 0 Å². The molecule has 2 heteroatoms. The minimum atomic E-state index is -0.0833. The van der Waals surface area contributed by atoms with Gasteiger partial charge in [-0.3, -0.25) is 0 Å². The standard InChI is InChI=1S/C31H54O2/c1-21(2)13-10-14-23(5)15-11-16-24(6)17-12-19-31(9)20-18-27-25(7)29(32)28(22(3)4)26(8)30(27)33-31/h21-24,32H,10-20H2,1-9H3. The molecule has 0 fully saturated rings. The van der Waals surface area contributed by atoms with Crippen molar-refractivity contribution >= 4 is 0 Å². The summed E-state index contributed by atoms with van der Waals surface area (Å²) in [5.74, 6) is 4.37. The molecule has 1 aromatic rings. The van der Waals surface area contributed by atoms with Crippen molar-refractivity contribution in [1.29, 1.82) is 0 Å². The van der Waals surface area contributed by atoms with Gasteiger partial charge in [0, 0.05) is 11.1 Å². The Morgan fingerprint density at radius 1 is 0.818 bits per heavy atom. The first kappa shape index (κ1) is 28.1. The third-order valence-electron chi connectivity index (χ3n) is 8.19. The van der Waals surface area contributed by atoms with E-state index in [9.17, 15) is 5.11 Å². The third kappa shape index (κ3) is 7.93. The number of rotatable bonds is 13. The van der Waals surface area contributed by atoms with Gasteiger partial charge in [0.2, 0.25) is 0 Å². The van der Waals surface area contributed by atoms with Gasteiger partial charge in [0.25, 0.3) is 0 Å². The first-order valence-corrected chi connectivity index (χ1v) is 14.0. The lowest BCUT2D eigenvalue weighted by atomic mass is 9.82. The molecular formula is C31H54O2. The topological polar surface area (TPSA) is 29.5 Å². The van der Waals surface area contributed by atoms with Gasteiger partial charge in [-0.1, -0.05) is 86.5 Å². The highest BCUT2D eigenvalue weighted by Gasteiger charge is 2.35. The maximum atomic E-state index is 10.8. The Labute approximate surface area is 205 Å². The molecule has 1 aliphatic rings. The summed E-state index contributed by atoms with van der Waals surface area (Å²) in [6.45, 7) is 20.3. The molecule has 190 valence electrons. The van der Waals surface area contributed by atoms with E-state index < -0.39 is 0 Å². The van der Waals surface area contributed by atoms with Crippen LogP contribution in [0.4, 0.5) is 0 Å². The van der Waals surface area contributed by atoms with Crippen LogP contribution in [0.2, 0.25) is 0 Å². The molecule has 1 aliphatic heterocycles. The van der Waals surface area contributed by atoms with Gasteiger partial charge in [0.1, 0.15) is 17.1 Å². The van der Waals surface area contributed by atoms with Crippen LogP contribution in [0.25, 0.3) is 0 Å². The highest BCUT2D eigenvalue weighted by atomic mass is 16.5. The fraction of sp³-hybridized carbons (Fsp3) is 0.806. The van der Waals surface area contributed by atoms with E-state index in [1.807, 2.05) is 0 Å². The number of hydrogen-bond acceptors (Lipinski definition) is 2. The van der Waals surface area contributed by atoms with Crippen LogP contribution in [0.5, 0.6) is 11.5 Å². The molecule has 0 amide bonds. The molecule has 0 spiro atoms. The molecule has 33 heavy (non-hydrogen) atoms. The minimum Gasteiger partial charge on any atom is -0.507 e. The normalized spacial score (nSPS) is 20.1. The number of hydrogen-bond donors (Lipinski definition) is 1. The Morgan fingerprint density at radius 2 is 1.36 bits per heavy atom. The van der Waals surface area contributed by atoms with E-state index in [2.05, 4.69) is 62.3 Å². The predicted octanol–water partition coefficient (Wildman–Crippen LogP) is 9.66. The molecule has 0 aliphatic carbocycles. The van der Waals surface area contributed by atoms with Gasteiger partial charge in [-0.05, 0) is 81.3 Å². The molecule has 1 N–H and O–H groups in total. The van der Waals surface area contributed by atoms with Crippen molar-refractivity contribution < 1.29 is 9.84 Å². The summed E-state index contributed by atoms with van der Waals surface area (Å²) in [6.07, 6.45) is 14.0. The Morgan fingerprint density at radius 3 is 1.91 bits per heavy atom. The maximum Gasteiger partial charge on any atom is 0.127 e. The van der Waals surface area contributed by atoms with Crippen molar-refractivity contribution in [2.75, 3.05) is 0 Å². The van der Waals surface area contributed by atoms with Crippen molar-refractivity contribution in [3.05, 3.63) is 22.3 Å². The molecule has 3 atom stereocenters. The first-order chi connectivity index (χ1) is 15.4. The van der Waals surface area contributed by atoms with E-state index >= 15 is 0 Å². The van der Waals surface area contributed by atoms with Crippen LogP contribution in [0, 0.1) is 31.6 Å². The average Bonchev–Trinajstić information content (AvgIpc) is 2.71. The summed E-state index contributed by atoms with van der Waals surface area (Å²) in [7, 11) is 0. The fourth-order valence-electron chi connectivity index (χ4n) is 5.85. The zero-order valence-corrected chi connectivity index (χ0v) is 23.4. The van der Waals surface area contributed by atoms with E-state index in [1.54, 1.807) is 0 Å². The SMILES string of the molecule is Cc1c(O)c(C(C)C)c(C)c2c1CCC(C)(CCCC(C)CCCC(C)CCCC(C)C)O2. The zero-order valence-electron chi connectivity index (χ0n) is 23.4. The maximum absolute atomic E-state index is 10.8. The zero-order chi connectivity index (χ0) is 24.8. The lowest BCUT2D eigenvalue weighted by molar-refractivity contribution is 0.0511. The van der Waals surface area contributed by atoms with Gasteiger partial charge in [-0.25, -0.2) is 0 Å². The molecule has 0 radical (unpaired) electrons. The largest absolute Gasteiger partial charge is 0.507 e. The lowest BCUT2D eigenvalue weighted by Crippen LogP contribution is -2.37. The second-order valence-corrected chi connectivity index (χ2v) is 12.4. The number of aromatic hydroxyl groups is 1. The van der Waals surface area contributed by atoms with Crippen LogP contribution in [-0.2, 0) is 6.42 Å². The Bertz CT molecular complexity index is 748. The van der Waals surface area contributed by atoms with Gasteiger partial charge in [-0.2, -0.15) is 0 Å². The molecule has 2 rings (SSSR count). The van der Waals surface area contributed by atoms with E-state index in [1.165, 1.54) is 56.9 Å². The molecule has 2 nitrogen and oxygen atoms in total. The van der Waals surface area contributed by atoms with Crippen molar-refractivity contribution in [2.45, 2.75) is 144 Å². The molecule has 3 unspecified atom stereocenters. The first-order valence-electron chi connectivity index (χ1n) is 14.0. The summed E-state index contributed by atoms with van der Waals surface area (Å²) in [5.41, 5.74) is 4.36. The van der Waals surface area contributed by atoms with Crippen LogP contribution < -0.4 is 4.74 Å². The Kier molecular flexibility index (Phi) is 10.6. The van der Waals surface area contributed by atoms with E-state index in [-0.39, 0.29) is 5.60 Å². The molecule has 1 heterocycles. The van der Waals surface area contributed by atoms with Crippen LogP contribution >= 0.6 is 0 Å². The van der Waals surface area contributed by atoms with Crippen molar-refractivity contribution in [3.8, 4) is 11.5 Å². The van der Waals surface area contributed by atoms with Crippen LogP contribution in [-0.4, -0.2) is 10.7 Å². The average molecular weight is 459 g/mol. The van der Waals surface area contributed by atoms with Gasteiger partial charge in [0.15, 0.2) is 0 Å². The molecule has 0 aromatic heterocycles. The predicted molar refractivity (Wildman–Crippen MR) is 144 cm³/mol. The molecule has 0 saturated carbocycles. The number of benzene rings is 1. The summed E-state index contributed by atoms with van der Waals surface area (Å²) in [5, 5.41) is 10.8. The molecule has 0 bridgehead atoms. The summed E-state index contributed by atoms with van der Waals surface area (Å²) in [6, 6.07) is 0. The highest BCUT2D eigenvalue weighted by molar-refractivity contribution is 5.59. The van der Waals surface area contributed by atoms with Crippen LogP contribution in [0.15, 0.2) is 0 Å². The molecule has 0 saturated heterocycles. The van der Waals surface area contributed by atoms with Crippen LogP contribution in [0.1, 0.15) is 141 Å². The van der Waals surface area contributed by atoms with Crippen molar-refractivity contribution in [3.63, 3.8) is 0 Å². The van der Waals surface area contributed by atoms with Gasteiger partial charge in [0.05, 0.1) is 0 Å². The number of phenolic OH excluding ortho intramolecular Hbond substituents is 1. The quantitative estimate of drug-likeness (QED) is 0.319. The van der Waals surface area contributed by atoms with E-state index in [4.69, 9.17) is 4.74 Å². The van der Waals surface area contributed by atoms with Gasteiger partial charge >= 0.3 is 0 Å².